The molecule has 0 saturated carbocycles. The fraction of sp³-hybridized carbons (Fsp3) is 0.304. The first-order valence-electron chi connectivity index (χ1n) is 10.5. The van der Waals surface area contributed by atoms with Crippen molar-refractivity contribution in [3.63, 3.8) is 0 Å². The Hall–Kier alpha value is -3.50. The van der Waals surface area contributed by atoms with Gasteiger partial charge in [0.25, 0.3) is 5.56 Å². The maximum atomic E-state index is 12.9. The summed E-state index contributed by atoms with van der Waals surface area (Å²) in [6.07, 6.45) is 0. The van der Waals surface area contributed by atoms with Gasteiger partial charge in [-0.2, -0.15) is 0 Å². The zero-order valence-corrected chi connectivity index (χ0v) is 18.8. The molecule has 10 heteroatoms. The Morgan fingerprint density at radius 3 is 2.55 bits per heavy atom. The Morgan fingerprint density at radius 2 is 1.76 bits per heavy atom. The highest BCUT2D eigenvalue weighted by molar-refractivity contribution is 7.80. The molecule has 2 aliphatic heterocycles. The van der Waals surface area contributed by atoms with E-state index in [4.69, 9.17) is 35.9 Å². The molecule has 0 saturated heterocycles. The van der Waals surface area contributed by atoms with Crippen LogP contribution in [0.4, 0.5) is 0 Å². The number of aromatic nitrogens is 1. The van der Waals surface area contributed by atoms with Crippen LogP contribution in [0.5, 0.6) is 23.0 Å². The molecule has 0 spiro atoms. The van der Waals surface area contributed by atoms with Gasteiger partial charge in [-0.1, -0.05) is 6.07 Å². The first-order valence-corrected chi connectivity index (χ1v) is 10.9. The Labute approximate surface area is 195 Å². The Bertz CT molecular complexity index is 1260. The highest BCUT2D eigenvalue weighted by atomic mass is 32.1. The normalized spacial score (nSPS) is 13.4. The van der Waals surface area contributed by atoms with Crippen molar-refractivity contribution >= 4 is 28.2 Å². The van der Waals surface area contributed by atoms with Crippen LogP contribution in [0.1, 0.15) is 11.1 Å². The lowest BCUT2D eigenvalue weighted by Crippen LogP contribution is -2.41. The summed E-state index contributed by atoms with van der Waals surface area (Å²) in [4.78, 5) is 17.8. The van der Waals surface area contributed by atoms with Gasteiger partial charge in [0, 0.05) is 37.2 Å². The molecule has 2 aromatic carbocycles. The lowest BCUT2D eigenvalue weighted by Gasteiger charge is -2.26. The van der Waals surface area contributed by atoms with Crippen LogP contribution in [0.15, 0.2) is 41.2 Å². The van der Waals surface area contributed by atoms with Crippen molar-refractivity contribution in [1.29, 1.82) is 0 Å². The highest BCUT2D eigenvalue weighted by Gasteiger charge is 2.19. The van der Waals surface area contributed by atoms with Crippen molar-refractivity contribution in [2.75, 3.05) is 33.8 Å². The number of thiocarbonyl (C=S) groups is 1. The lowest BCUT2D eigenvalue weighted by molar-refractivity contribution is 0.173. The van der Waals surface area contributed by atoms with Gasteiger partial charge in [0.2, 0.25) is 13.6 Å². The van der Waals surface area contributed by atoms with E-state index in [1.54, 1.807) is 13.2 Å². The molecular weight excluding hydrogens is 446 g/mol. The van der Waals surface area contributed by atoms with Gasteiger partial charge in [0.05, 0.1) is 18.7 Å². The van der Waals surface area contributed by atoms with Crippen molar-refractivity contribution < 1.29 is 23.7 Å². The van der Waals surface area contributed by atoms with E-state index in [9.17, 15) is 4.79 Å². The summed E-state index contributed by atoms with van der Waals surface area (Å²) in [6, 6.07) is 11.3. The van der Waals surface area contributed by atoms with E-state index in [0.29, 0.717) is 59.7 Å². The number of benzene rings is 2. The van der Waals surface area contributed by atoms with Crippen molar-refractivity contribution in [2.24, 2.45) is 0 Å². The monoisotopic (exact) mass is 469 g/mol. The van der Waals surface area contributed by atoms with Crippen LogP contribution >= 0.6 is 12.2 Å². The minimum Gasteiger partial charge on any atom is -0.454 e. The quantitative estimate of drug-likeness (QED) is 0.400. The molecule has 2 N–H and O–H groups in total. The van der Waals surface area contributed by atoms with Gasteiger partial charge in [-0.05, 0) is 42.0 Å². The number of H-pyrrole nitrogens is 1. The summed E-state index contributed by atoms with van der Waals surface area (Å²) in [5.41, 5.74) is 2.07. The molecular formula is C23H23N3O6S. The van der Waals surface area contributed by atoms with Crippen molar-refractivity contribution in [2.45, 2.75) is 13.1 Å². The fourth-order valence-corrected chi connectivity index (χ4v) is 4.03. The summed E-state index contributed by atoms with van der Waals surface area (Å²) in [5.74, 6) is 2.70. The maximum absolute atomic E-state index is 12.9. The number of nitrogens with zero attached hydrogens (tertiary/aromatic N) is 1. The number of ether oxygens (including phenoxy) is 5. The number of aromatic amines is 1. The second-order valence-electron chi connectivity index (χ2n) is 7.68. The van der Waals surface area contributed by atoms with E-state index in [2.05, 4.69) is 10.3 Å². The Kier molecular flexibility index (Phi) is 5.93. The smallest absolute Gasteiger partial charge is 0.253 e. The number of nitrogens with one attached hydrogen (secondary N) is 2. The molecule has 0 radical (unpaired) electrons. The predicted octanol–water partition coefficient (Wildman–Crippen LogP) is 2.51. The van der Waals surface area contributed by atoms with Crippen LogP contribution in [-0.4, -0.2) is 48.8 Å². The molecule has 172 valence electrons. The minimum absolute atomic E-state index is 0.174. The number of rotatable bonds is 7. The summed E-state index contributed by atoms with van der Waals surface area (Å²) >= 11 is 5.65. The van der Waals surface area contributed by atoms with Crippen molar-refractivity contribution in [3.05, 3.63) is 57.9 Å². The third-order valence-corrected chi connectivity index (χ3v) is 5.86. The zero-order valence-electron chi connectivity index (χ0n) is 18.0. The number of pyridine rings is 1. The van der Waals surface area contributed by atoms with Crippen molar-refractivity contribution in [3.8, 4) is 23.0 Å². The molecule has 5 rings (SSSR count). The van der Waals surface area contributed by atoms with Gasteiger partial charge < -0.3 is 38.9 Å². The van der Waals surface area contributed by atoms with Gasteiger partial charge >= 0.3 is 0 Å². The number of hydrogen-bond donors (Lipinski definition) is 2. The molecule has 2 aliphatic rings. The van der Waals surface area contributed by atoms with E-state index in [-0.39, 0.29) is 19.1 Å². The van der Waals surface area contributed by atoms with Crippen molar-refractivity contribution in [1.82, 2.24) is 15.2 Å². The second kappa shape index (κ2) is 9.16. The molecule has 9 nitrogen and oxygen atoms in total. The molecule has 33 heavy (non-hydrogen) atoms. The van der Waals surface area contributed by atoms with Crippen LogP contribution < -0.4 is 29.8 Å². The second-order valence-corrected chi connectivity index (χ2v) is 8.07. The number of hydrogen-bond acceptors (Lipinski definition) is 7. The topological polar surface area (TPSA) is 94.3 Å². The molecule has 0 aliphatic carbocycles. The summed E-state index contributed by atoms with van der Waals surface area (Å²) in [5, 5.41) is 4.57. The fourth-order valence-electron chi connectivity index (χ4n) is 3.80. The van der Waals surface area contributed by atoms with E-state index < -0.39 is 0 Å². The third-order valence-electron chi connectivity index (χ3n) is 5.46. The van der Waals surface area contributed by atoms with E-state index in [1.807, 2.05) is 35.2 Å². The van der Waals surface area contributed by atoms with E-state index in [0.717, 1.165) is 16.7 Å². The molecule has 0 fully saturated rings. The van der Waals surface area contributed by atoms with Crippen LogP contribution in [-0.2, 0) is 17.8 Å². The lowest BCUT2D eigenvalue weighted by atomic mass is 10.1. The average Bonchev–Trinajstić information content (AvgIpc) is 3.46. The number of methoxy groups -OCH3 is 1. The van der Waals surface area contributed by atoms with Crippen LogP contribution in [0.2, 0.25) is 0 Å². The molecule has 3 heterocycles. The molecule has 1 aromatic heterocycles. The Morgan fingerprint density at radius 1 is 1.03 bits per heavy atom. The summed E-state index contributed by atoms with van der Waals surface area (Å²) in [7, 11) is 1.63. The SMILES string of the molecule is COCCNC(=S)N(Cc1ccc2c(c1)OCO2)Cc1cc2cc3c(cc2[nH]c1=O)OCO3. The summed E-state index contributed by atoms with van der Waals surface area (Å²) < 4.78 is 26.9. The predicted molar refractivity (Wildman–Crippen MR) is 125 cm³/mol. The molecule has 0 bridgehead atoms. The van der Waals surface area contributed by atoms with Gasteiger partial charge in [-0.3, -0.25) is 4.79 Å². The highest BCUT2D eigenvalue weighted by Crippen LogP contribution is 2.35. The Balaban J connectivity index is 1.42. The van der Waals surface area contributed by atoms with Gasteiger partial charge in [0.15, 0.2) is 28.1 Å². The average molecular weight is 470 g/mol. The van der Waals surface area contributed by atoms with E-state index >= 15 is 0 Å². The summed E-state index contributed by atoms with van der Waals surface area (Å²) in [6.45, 7) is 2.26. The molecule has 3 aromatic rings. The van der Waals surface area contributed by atoms with Crippen LogP contribution in [0.25, 0.3) is 10.9 Å². The minimum atomic E-state index is -0.184. The van der Waals surface area contributed by atoms with Gasteiger partial charge in [-0.25, -0.2) is 0 Å². The third kappa shape index (κ3) is 4.53. The van der Waals surface area contributed by atoms with Crippen LogP contribution in [0.3, 0.4) is 0 Å². The molecule has 0 amide bonds. The van der Waals surface area contributed by atoms with Gasteiger partial charge in [0.1, 0.15) is 0 Å². The standard InChI is InChI=1S/C23H23N3O6S/c1-28-5-4-24-23(33)26(10-14-2-3-18-19(6-14)30-12-29-18)11-16-7-15-8-20-21(32-13-31-20)9-17(15)25-22(16)27/h2-3,6-9H,4-5,10-13H2,1H3,(H,24,33)(H,25,27). The first-order chi connectivity index (χ1) is 16.1. The van der Waals surface area contributed by atoms with E-state index in [1.165, 1.54) is 0 Å². The molecule has 0 unspecified atom stereocenters. The largest absolute Gasteiger partial charge is 0.454 e. The van der Waals surface area contributed by atoms with Gasteiger partial charge in [-0.15, -0.1) is 0 Å². The molecule has 0 atom stereocenters. The number of fused-ring (bicyclic) bond motifs is 3. The first kappa shape index (κ1) is 21.4. The maximum Gasteiger partial charge on any atom is 0.253 e. The van der Waals surface area contributed by atoms with Crippen LogP contribution in [0, 0.1) is 0 Å². The zero-order chi connectivity index (χ0) is 22.8.